The Balaban J connectivity index is 2.12. The molecule has 1 aliphatic heterocycles. The summed E-state index contributed by atoms with van der Waals surface area (Å²) >= 11 is 0. The monoisotopic (exact) mass is 257 g/mol. The third-order valence-corrected chi connectivity index (χ3v) is 2.91. The lowest BCUT2D eigenvalue weighted by atomic mass is 10.0. The van der Waals surface area contributed by atoms with Gasteiger partial charge in [-0.15, -0.1) is 0 Å². The molecule has 2 rings (SSSR count). The van der Waals surface area contributed by atoms with Crippen LogP contribution in [-0.4, -0.2) is 26.0 Å². The number of hydrogen-bond acceptors (Lipinski definition) is 3. The molecule has 1 aromatic carbocycles. The van der Waals surface area contributed by atoms with Gasteiger partial charge in [0.15, 0.2) is 6.29 Å². The fourth-order valence-corrected chi connectivity index (χ4v) is 2.09. The molecule has 3 nitrogen and oxygen atoms in total. The van der Waals surface area contributed by atoms with Crippen molar-refractivity contribution in [1.82, 2.24) is 5.32 Å². The largest absolute Gasteiger partial charge is 0.350 e. The Morgan fingerprint density at radius 2 is 2.06 bits per heavy atom. The summed E-state index contributed by atoms with van der Waals surface area (Å²) in [4.78, 5) is 0. The molecule has 1 N–H and O–H groups in total. The minimum absolute atomic E-state index is 0.237. The molecule has 1 atom stereocenters. The predicted molar refractivity (Wildman–Crippen MR) is 63.1 cm³/mol. The van der Waals surface area contributed by atoms with Crippen LogP contribution in [0.1, 0.15) is 24.9 Å². The molecule has 1 unspecified atom stereocenters. The second kappa shape index (κ2) is 6.22. The van der Waals surface area contributed by atoms with Crippen molar-refractivity contribution in [2.75, 3.05) is 19.8 Å². The van der Waals surface area contributed by atoms with Crippen LogP contribution in [0.15, 0.2) is 18.2 Å². The van der Waals surface area contributed by atoms with E-state index in [1.165, 1.54) is 12.1 Å². The smallest absolute Gasteiger partial charge is 0.159 e. The topological polar surface area (TPSA) is 30.5 Å². The Labute approximate surface area is 105 Å². The Morgan fingerprint density at radius 1 is 1.33 bits per heavy atom. The van der Waals surface area contributed by atoms with E-state index in [-0.39, 0.29) is 12.3 Å². The Hall–Kier alpha value is -1.04. The molecule has 100 valence electrons. The fourth-order valence-electron chi connectivity index (χ4n) is 2.09. The molecule has 0 radical (unpaired) electrons. The molecule has 0 saturated carbocycles. The number of hydrogen-bond donors (Lipinski definition) is 1. The molecule has 0 amide bonds. The minimum Gasteiger partial charge on any atom is -0.350 e. The van der Waals surface area contributed by atoms with Crippen LogP contribution >= 0.6 is 0 Å². The highest BCUT2D eigenvalue weighted by Gasteiger charge is 2.24. The molecular formula is C13H17F2NO2. The van der Waals surface area contributed by atoms with Crippen molar-refractivity contribution in [3.63, 3.8) is 0 Å². The van der Waals surface area contributed by atoms with Gasteiger partial charge in [0.25, 0.3) is 0 Å². The average molecular weight is 257 g/mol. The van der Waals surface area contributed by atoms with Gasteiger partial charge < -0.3 is 14.8 Å². The summed E-state index contributed by atoms with van der Waals surface area (Å²) in [5, 5.41) is 3.16. The van der Waals surface area contributed by atoms with Crippen molar-refractivity contribution in [2.45, 2.75) is 25.7 Å². The summed E-state index contributed by atoms with van der Waals surface area (Å²) in [7, 11) is 0. The molecular weight excluding hydrogens is 240 g/mol. The third kappa shape index (κ3) is 3.25. The van der Waals surface area contributed by atoms with Crippen molar-refractivity contribution in [3.05, 3.63) is 35.4 Å². The SMILES string of the molecule is CCNC(CC1OCCO1)c1ccc(F)cc1F. The number of nitrogens with one attached hydrogen (secondary N) is 1. The molecule has 0 bridgehead atoms. The Morgan fingerprint density at radius 3 is 2.67 bits per heavy atom. The minimum atomic E-state index is -0.570. The molecule has 18 heavy (non-hydrogen) atoms. The van der Waals surface area contributed by atoms with Crippen LogP contribution in [0.4, 0.5) is 8.78 Å². The van der Waals surface area contributed by atoms with Crippen LogP contribution in [0.25, 0.3) is 0 Å². The summed E-state index contributed by atoms with van der Waals surface area (Å²) in [6.07, 6.45) is 0.189. The zero-order valence-electron chi connectivity index (χ0n) is 10.3. The lowest BCUT2D eigenvalue weighted by molar-refractivity contribution is -0.0531. The first-order chi connectivity index (χ1) is 8.70. The maximum atomic E-state index is 13.7. The first kappa shape index (κ1) is 13.4. The number of ether oxygens (including phenoxy) is 2. The van der Waals surface area contributed by atoms with Crippen molar-refractivity contribution >= 4 is 0 Å². The summed E-state index contributed by atoms with van der Waals surface area (Å²) in [5.41, 5.74) is 0.442. The summed E-state index contributed by atoms with van der Waals surface area (Å²) in [6, 6.07) is 3.39. The third-order valence-electron chi connectivity index (χ3n) is 2.91. The Bertz CT molecular complexity index is 395. The number of benzene rings is 1. The summed E-state index contributed by atoms with van der Waals surface area (Å²) in [6.45, 7) is 3.75. The highest BCUT2D eigenvalue weighted by Crippen LogP contribution is 2.25. The van der Waals surface area contributed by atoms with Crippen molar-refractivity contribution in [2.24, 2.45) is 0 Å². The second-order valence-electron chi connectivity index (χ2n) is 4.18. The van der Waals surface area contributed by atoms with Gasteiger partial charge in [0.1, 0.15) is 11.6 Å². The van der Waals surface area contributed by atoms with Gasteiger partial charge >= 0.3 is 0 Å². The van der Waals surface area contributed by atoms with Crippen molar-refractivity contribution in [1.29, 1.82) is 0 Å². The normalized spacial score (nSPS) is 18.2. The average Bonchev–Trinajstić information content (AvgIpc) is 2.81. The molecule has 1 saturated heterocycles. The summed E-state index contributed by atoms with van der Waals surface area (Å²) in [5.74, 6) is -1.11. The highest BCUT2D eigenvalue weighted by molar-refractivity contribution is 5.22. The van der Waals surface area contributed by atoms with E-state index in [1.807, 2.05) is 6.92 Å². The van der Waals surface area contributed by atoms with Gasteiger partial charge in [-0.25, -0.2) is 8.78 Å². The quantitative estimate of drug-likeness (QED) is 0.878. The van der Waals surface area contributed by atoms with Gasteiger partial charge in [0.2, 0.25) is 0 Å². The van der Waals surface area contributed by atoms with E-state index in [1.54, 1.807) is 0 Å². The van der Waals surface area contributed by atoms with Gasteiger partial charge in [0, 0.05) is 24.1 Å². The number of rotatable bonds is 5. The molecule has 0 aliphatic carbocycles. The van der Waals surface area contributed by atoms with Crippen LogP contribution in [0.3, 0.4) is 0 Å². The van der Waals surface area contributed by atoms with Gasteiger partial charge in [-0.2, -0.15) is 0 Å². The zero-order chi connectivity index (χ0) is 13.0. The number of halogens is 2. The van der Waals surface area contributed by atoms with E-state index in [9.17, 15) is 8.78 Å². The van der Waals surface area contributed by atoms with Crippen LogP contribution in [0, 0.1) is 11.6 Å². The van der Waals surface area contributed by atoms with Crippen molar-refractivity contribution in [3.8, 4) is 0 Å². The van der Waals surface area contributed by atoms with Gasteiger partial charge in [0.05, 0.1) is 13.2 Å². The highest BCUT2D eigenvalue weighted by atomic mass is 19.1. The lowest BCUT2D eigenvalue weighted by Gasteiger charge is -2.21. The van der Waals surface area contributed by atoms with Crippen LogP contribution in [-0.2, 0) is 9.47 Å². The van der Waals surface area contributed by atoms with Gasteiger partial charge in [-0.3, -0.25) is 0 Å². The first-order valence-electron chi connectivity index (χ1n) is 6.12. The molecule has 5 heteroatoms. The van der Waals surface area contributed by atoms with E-state index >= 15 is 0 Å². The first-order valence-corrected chi connectivity index (χ1v) is 6.12. The van der Waals surface area contributed by atoms with Crippen LogP contribution in [0.2, 0.25) is 0 Å². The van der Waals surface area contributed by atoms with Crippen LogP contribution in [0.5, 0.6) is 0 Å². The molecule has 1 aromatic rings. The van der Waals surface area contributed by atoms with E-state index in [4.69, 9.17) is 9.47 Å². The predicted octanol–water partition coefficient (Wildman–Crippen LogP) is 2.38. The van der Waals surface area contributed by atoms with E-state index in [2.05, 4.69) is 5.32 Å². The fraction of sp³-hybridized carbons (Fsp3) is 0.538. The van der Waals surface area contributed by atoms with Crippen molar-refractivity contribution < 1.29 is 18.3 Å². The maximum Gasteiger partial charge on any atom is 0.159 e. The van der Waals surface area contributed by atoms with E-state index in [0.29, 0.717) is 31.7 Å². The van der Waals surface area contributed by atoms with Gasteiger partial charge in [-0.05, 0) is 12.6 Å². The standard InChI is InChI=1S/C13H17F2NO2/c1-2-16-12(8-13-17-5-6-18-13)10-4-3-9(14)7-11(10)15/h3-4,7,12-13,16H,2,5-6,8H2,1H3. The van der Waals surface area contributed by atoms with Crippen LogP contribution < -0.4 is 5.32 Å². The van der Waals surface area contributed by atoms with E-state index in [0.717, 1.165) is 6.07 Å². The molecule has 0 spiro atoms. The Kier molecular flexibility index (Phi) is 4.63. The van der Waals surface area contributed by atoms with E-state index < -0.39 is 11.6 Å². The summed E-state index contributed by atoms with van der Waals surface area (Å²) < 4.78 is 37.3. The maximum absolute atomic E-state index is 13.7. The molecule has 1 fully saturated rings. The zero-order valence-corrected chi connectivity index (χ0v) is 10.3. The second-order valence-corrected chi connectivity index (χ2v) is 4.18. The van der Waals surface area contributed by atoms with Gasteiger partial charge in [-0.1, -0.05) is 13.0 Å². The molecule has 0 aromatic heterocycles. The molecule has 1 aliphatic rings. The lowest BCUT2D eigenvalue weighted by Crippen LogP contribution is -2.26. The molecule has 1 heterocycles.